The van der Waals surface area contributed by atoms with Crippen molar-refractivity contribution < 1.29 is 0 Å². The number of hydrogen-bond donors (Lipinski definition) is 2. The van der Waals surface area contributed by atoms with Crippen molar-refractivity contribution in [3.05, 3.63) is 77.2 Å². The number of aromatic nitrogens is 3. The molecule has 0 unspecified atom stereocenters. The van der Waals surface area contributed by atoms with Crippen molar-refractivity contribution in [1.29, 1.82) is 0 Å². The highest BCUT2D eigenvalue weighted by Crippen LogP contribution is 2.17. The quantitative estimate of drug-likeness (QED) is 0.685. The van der Waals surface area contributed by atoms with Gasteiger partial charge in [-0.3, -0.25) is 4.79 Å². The first-order chi connectivity index (χ1) is 8.86. The van der Waals surface area contributed by atoms with Gasteiger partial charge in [0, 0.05) is 0 Å². The van der Waals surface area contributed by atoms with Crippen LogP contribution in [0, 0.1) is 0 Å². The molecule has 0 aliphatic rings. The van der Waals surface area contributed by atoms with Gasteiger partial charge in [-0.25, -0.2) is 10.3 Å². The van der Waals surface area contributed by atoms with Crippen LogP contribution in [0.4, 0.5) is 0 Å². The minimum Gasteiger partial charge on any atom is -0.266 e. The van der Waals surface area contributed by atoms with Gasteiger partial charge in [-0.05, 0) is 11.1 Å². The molecule has 3 rings (SSSR count). The van der Waals surface area contributed by atoms with Crippen LogP contribution in [0.3, 0.4) is 0 Å². The molecule has 0 spiro atoms. The second-order valence-corrected chi connectivity index (χ2v) is 3.59. The zero-order valence-corrected chi connectivity index (χ0v) is 9.71. The fourth-order valence-corrected chi connectivity index (χ4v) is 1.47. The summed E-state index contributed by atoms with van der Waals surface area (Å²) in [6.07, 6.45) is 1.17. The topological polar surface area (TPSA) is 61.5 Å². The van der Waals surface area contributed by atoms with E-state index in [1.807, 2.05) is 12.1 Å². The summed E-state index contributed by atoms with van der Waals surface area (Å²) in [5, 5.41) is 7.78. The maximum atomic E-state index is 9.92. The Morgan fingerprint density at radius 2 is 1.28 bits per heavy atom. The van der Waals surface area contributed by atoms with E-state index in [0.717, 1.165) is 0 Å². The lowest BCUT2D eigenvalue weighted by Gasteiger charge is -1.98. The lowest BCUT2D eigenvalue weighted by atomic mass is 10.1. The van der Waals surface area contributed by atoms with Gasteiger partial charge in [0.05, 0.1) is 0 Å². The van der Waals surface area contributed by atoms with E-state index in [0.29, 0.717) is 0 Å². The number of aromatic amines is 2. The zero-order chi connectivity index (χ0) is 12.6. The van der Waals surface area contributed by atoms with Crippen molar-refractivity contribution in [1.82, 2.24) is 15.4 Å². The molecule has 3 aromatic rings. The van der Waals surface area contributed by atoms with E-state index in [-0.39, 0.29) is 5.56 Å². The second kappa shape index (κ2) is 6.20. The molecule has 2 N–H and O–H groups in total. The standard InChI is InChI=1S/C12H10.C2H3N3O/c1-3-7-11(8-4-1)12-9-5-2-6-10-12;6-2-1-3-5-4-2/h1-10H;1H,(H2,3,4,5,6). The number of benzene rings is 2. The van der Waals surface area contributed by atoms with Crippen molar-refractivity contribution in [2.45, 2.75) is 0 Å². The van der Waals surface area contributed by atoms with Gasteiger partial charge >= 0.3 is 0 Å². The molecule has 1 heterocycles. The van der Waals surface area contributed by atoms with Gasteiger partial charge in [-0.15, -0.1) is 0 Å². The Morgan fingerprint density at radius 3 is 1.56 bits per heavy atom. The van der Waals surface area contributed by atoms with Crippen molar-refractivity contribution in [3.8, 4) is 11.1 Å². The number of H-pyrrole nitrogens is 2. The smallest absolute Gasteiger partial charge is 0.266 e. The maximum absolute atomic E-state index is 9.92. The molecule has 0 saturated heterocycles. The summed E-state index contributed by atoms with van der Waals surface area (Å²) in [6, 6.07) is 20.8. The maximum Gasteiger partial charge on any atom is 0.283 e. The zero-order valence-electron chi connectivity index (χ0n) is 9.71. The molecule has 0 aliphatic carbocycles. The normalized spacial score (nSPS) is 9.33. The number of hydrogen-bond acceptors (Lipinski definition) is 2. The first kappa shape index (κ1) is 11.9. The Bertz CT molecular complexity index is 560. The predicted octanol–water partition coefficient (Wildman–Crippen LogP) is 2.45. The van der Waals surface area contributed by atoms with Crippen LogP contribution in [0.5, 0.6) is 0 Å². The fraction of sp³-hybridized carbons (Fsp3) is 0. The van der Waals surface area contributed by atoms with Gasteiger partial charge in [0.15, 0.2) is 0 Å². The fourth-order valence-electron chi connectivity index (χ4n) is 1.47. The van der Waals surface area contributed by atoms with Crippen molar-refractivity contribution in [2.24, 2.45) is 0 Å². The Balaban J connectivity index is 0.000000169. The Morgan fingerprint density at radius 1 is 0.778 bits per heavy atom. The number of nitrogens with one attached hydrogen (secondary N) is 2. The van der Waals surface area contributed by atoms with Crippen LogP contribution >= 0.6 is 0 Å². The third kappa shape index (κ3) is 3.45. The third-order valence-electron chi connectivity index (χ3n) is 2.31. The molecular formula is C14H13N3O. The van der Waals surface area contributed by atoms with Crippen LogP contribution in [-0.2, 0) is 0 Å². The molecule has 0 amide bonds. The van der Waals surface area contributed by atoms with Crippen LogP contribution < -0.4 is 5.56 Å². The molecule has 2 aromatic carbocycles. The summed E-state index contributed by atoms with van der Waals surface area (Å²) in [4.78, 5) is 9.92. The Hall–Kier alpha value is -2.62. The van der Waals surface area contributed by atoms with E-state index in [4.69, 9.17) is 0 Å². The highest BCUT2D eigenvalue weighted by atomic mass is 16.1. The van der Waals surface area contributed by atoms with E-state index in [1.165, 1.54) is 17.3 Å². The molecule has 1 aromatic heterocycles. The van der Waals surface area contributed by atoms with Crippen LogP contribution in [0.25, 0.3) is 11.1 Å². The molecule has 0 fully saturated rings. The molecule has 18 heavy (non-hydrogen) atoms. The summed E-state index contributed by atoms with van der Waals surface area (Å²) in [7, 11) is 0. The summed E-state index contributed by atoms with van der Waals surface area (Å²) >= 11 is 0. The first-order valence-electron chi connectivity index (χ1n) is 5.55. The average molecular weight is 239 g/mol. The van der Waals surface area contributed by atoms with Gasteiger partial charge in [0.25, 0.3) is 5.56 Å². The van der Waals surface area contributed by atoms with E-state index in [1.54, 1.807) is 0 Å². The Kier molecular flexibility index (Phi) is 4.08. The monoisotopic (exact) mass is 239 g/mol. The van der Waals surface area contributed by atoms with Crippen LogP contribution in [0.1, 0.15) is 0 Å². The molecule has 0 bridgehead atoms. The van der Waals surface area contributed by atoms with Crippen LogP contribution in [-0.4, -0.2) is 15.4 Å². The molecule has 4 nitrogen and oxygen atoms in total. The lowest BCUT2D eigenvalue weighted by Crippen LogP contribution is -1.93. The summed E-state index contributed by atoms with van der Waals surface area (Å²) < 4.78 is 0. The molecular weight excluding hydrogens is 226 g/mol. The highest BCUT2D eigenvalue weighted by molar-refractivity contribution is 5.62. The molecule has 90 valence electrons. The number of rotatable bonds is 1. The van der Waals surface area contributed by atoms with Crippen LogP contribution in [0.15, 0.2) is 71.7 Å². The van der Waals surface area contributed by atoms with Crippen molar-refractivity contribution in [3.63, 3.8) is 0 Å². The summed E-state index contributed by atoms with van der Waals surface area (Å²) in [5.41, 5.74) is 2.35. The van der Waals surface area contributed by atoms with Crippen molar-refractivity contribution >= 4 is 0 Å². The molecule has 0 aliphatic heterocycles. The predicted molar refractivity (Wildman–Crippen MR) is 71.1 cm³/mol. The minimum atomic E-state index is -0.199. The molecule has 0 atom stereocenters. The molecule has 0 radical (unpaired) electrons. The second-order valence-electron chi connectivity index (χ2n) is 3.59. The van der Waals surface area contributed by atoms with Gasteiger partial charge in [0.2, 0.25) is 0 Å². The molecule has 0 saturated carbocycles. The summed E-state index contributed by atoms with van der Waals surface area (Å²) in [5.74, 6) is 0. The summed E-state index contributed by atoms with van der Waals surface area (Å²) in [6.45, 7) is 0. The minimum absolute atomic E-state index is 0.199. The van der Waals surface area contributed by atoms with Crippen molar-refractivity contribution in [2.75, 3.05) is 0 Å². The lowest BCUT2D eigenvalue weighted by molar-refractivity contribution is 0.930. The van der Waals surface area contributed by atoms with Gasteiger partial charge in [0.1, 0.15) is 6.20 Å². The average Bonchev–Trinajstić information content (AvgIpc) is 2.93. The van der Waals surface area contributed by atoms with Crippen LogP contribution in [0.2, 0.25) is 0 Å². The SMILES string of the molecule is O=c1cn[nH][nH]1.c1ccc(-c2ccccc2)cc1. The Labute approximate surface area is 104 Å². The van der Waals surface area contributed by atoms with E-state index in [2.05, 4.69) is 63.9 Å². The molecule has 4 heteroatoms. The third-order valence-corrected chi connectivity index (χ3v) is 2.31. The first-order valence-corrected chi connectivity index (χ1v) is 5.55. The van der Waals surface area contributed by atoms with Gasteiger partial charge in [-0.2, -0.15) is 5.10 Å². The van der Waals surface area contributed by atoms with E-state index >= 15 is 0 Å². The van der Waals surface area contributed by atoms with E-state index in [9.17, 15) is 4.79 Å². The van der Waals surface area contributed by atoms with Gasteiger partial charge in [-0.1, -0.05) is 60.7 Å². The highest BCUT2D eigenvalue weighted by Gasteiger charge is 1.91. The number of nitrogens with zero attached hydrogens (tertiary/aromatic N) is 1. The van der Waals surface area contributed by atoms with Gasteiger partial charge < -0.3 is 0 Å². The largest absolute Gasteiger partial charge is 0.283 e. The van der Waals surface area contributed by atoms with E-state index < -0.39 is 0 Å².